The summed E-state index contributed by atoms with van der Waals surface area (Å²) < 4.78 is 32.6. The molecule has 1 unspecified atom stereocenters. The van der Waals surface area contributed by atoms with Crippen LogP contribution in [-0.4, -0.2) is 31.4 Å². The van der Waals surface area contributed by atoms with Gasteiger partial charge in [0, 0.05) is 0 Å². The average Bonchev–Trinajstić information content (AvgIpc) is 2.12. The molecule has 1 saturated heterocycles. The van der Waals surface area contributed by atoms with E-state index in [9.17, 15) is 8.42 Å². The van der Waals surface area contributed by atoms with Crippen LogP contribution in [0.5, 0.6) is 0 Å². The van der Waals surface area contributed by atoms with Crippen LogP contribution in [0.3, 0.4) is 0 Å². The van der Waals surface area contributed by atoms with Gasteiger partial charge in [0.1, 0.15) is 5.75 Å². The maximum absolute atomic E-state index is 9.96. The van der Waals surface area contributed by atoms with Crippen molar-refractivity contribution in [3.05, 3.63) is 0 Å². The average molecular weight is 162 g/mol. The second kappa shape index (κ2) is 3.32. The zero-order chi connectivity index (χ0) is 6.20. The van der Waals surface area contributed by atoms with Crippen molar-refractivity contribution in [3.63, 3.8) is 0 Å². The molecule has 1 heterocycles. The first-order valence-electron chi connectivity index (χ1n) is 2.15. The molecule has 0 aromatic carbocycles. The third-order valence-electron chi connectivity index (χ3n) is 0.799. The van der Waals surface area contributed by atoms with Gasteiger partial charge in [-0.15, -0.1) is 0 Å². The number of ether oxygens (including phenoxy) is 1. The van der Waals surface area contributed by atoms with E-state index in [0.29, 0.717) is 6.61 Å². The van der Waals surface area contributed by atoms with Crippen molar-refractivity contribution in [2.45, 2.75) is 6.10 Å². The zero-order valence-corrected chi connectivity index (χ0v) is 7.89. The molecule has 0 aliphatic carbocycles. The Balaban J connectivity index is 0. The van der Waals surface area contributed by atoms with Crippen molar-refractivity contribution in [1.29, 1.82) is 0 Å². The smallest absolute Gasteiger partial charge is 1.00 e. The summed E-state index contributed by atoms with van der Waals surface area (Å²) in [6.45, 7) is 0.458. The molecule has 0 radical (unpaired) electrons. The summed E-state index contributed by atoms with van der Waals surface area (Å²) in [4.78, 5) is 0. The van der Waals surface area contributed by atoms with Crippen molar-refractivity contribution < 1.29 is 48.7 Å². The summed E-state index contributed by atoms with van der Waals surface area (Å²) in [5.74, 6) is -0.257. The van der Waals surface area contributed by atoms with Gasteiger partial charge in [-0.2, -0.15) is 8.42 Å². The first kappa shape index (κ1) is 9.87. The summed E-state index contributed by atoms with van der Waals surface area (Å²) in [6.07, 6.45) is -0.245. The second-order valence-electron chi connectivity index (χ2n) is 1.70. The van der Waals surface area contributed by atoms with Crippen LogP contribution in [0.25, 0.3) is 0 Å². The summed E-state index contributed by atoms with van der Waals surface area (Å²) in [6, 6.07) is 0. The van der Waals surface area contributed by atoms with Crippen molar-refractivity contribution in [2.75, 3.05) is 12.4 Å². The van der Waals surface area contributed by atoms with Gasteiger partial charge >= 0.3 is 29.6 Å². The molecular weight excluding hydrogens is 155 g/mol. The Kier molecular flexibility index (Phi) is 3.64. The van der Waals surface area contributed by atoms with E-state index in [-0.39, 0.29) is 42.8 Å². The van der Waals surface area contributed by atoms with Gasteiger partial charge in [-0.1, -0.05) is 0 Å². The molecule has 1 aliphatic heterocycles. The molecule has 0 bridgehead atoms. The molecule has 1 rings (SSSR count). The molecule has 6 heteroatoms. The van der Waals surface area contributed by atoms with Crippen molar-refractivity contribution >= 4 is 10.1 Å². The standard InChI is InChI=1S/C3H6O4S.Na.H/c4-8(5,6)2-3-1-7-3;;/h3H,1-2H2,(H,4,5,6);;/q;+1;-1. The minimum atomic E-state index is -3.79. The maximum Gasteiger partial charge on any atom is 1.00 e. The molecule has 50 valence electrons. The molecule has 0 spiro atoms. The van der Waals surface area contributed by atoms with E-state index < -0.39 is 10.1 Å². The molecular formula is C3H7NaO4S. The number of hydrogen-bond donors (Lipinski definition) is 1. The molecule has 0 saturated carbocycles. The monoisotopic (exact) mass is 162 g/mol. The quantitative estimate of drug-likeness (QED) is 0.259. The Labute approximate surface area is 77.1 Å². The number of rotatable bonds is 2. The van der Waals surface area contributed by atoms with Gasteiger partial charge in [0.05, 0.1) is 12.7 Å². The largest absolute Gasteiger partial charge is 1.00 e. The fraction of sp³-hybridized carbons (Fsp3) is 1.00. The number of epoxide rings is 1. The predicted octanol–water partition coefficient (Wildman–Crippen LogP) is -3.61. The molecule has 1 aliphatic rings. The summed E-state index contributed by atoms with van der Waals surface area (Å²) in [5.41, 5.74) is 0. The van der Waals surface area contributed by atoms with Crippen LogP contribution in [0.1, 0.15) is 1.43 Å². The SMILES string of the molecule is O=S(=O)(O)CC1CO1.[H-].[Na+]. The van der Waals surface area contributed by atoms with Crippen molar-refractivity contribution in [3.8, 4) is 0 Å². The minimum Gasteiger partial charge on any atom is -1.00 e. The van der Waals surface area contributed by atoms with Gasteiger partial charge in [0.15, 0.2) is 0 Å². The van der Waals surface area contributed by atoms with E-state index in [4.69, 9.17) is 4.55 Å². The fourth-order valence-electron chi connectivity index (χ4n) is 0.399. The van der Waals surface area contributed by atoms with E-state index >= 15 is 0 Å². The van der Waals surface area contributed by atoms with Gasteiger partial charge in [0.25, 0.3) is 10.1 Å². The zero-order valence-electron chi connectivity index (χ0n) is 6.07. The Morgan fingerprint density at radius 3 is 2.33 bits per heavy atom. The summed E-state index contributed by atoms with van der Waals surface area (Å²) in [7, 11) is -3.79. The Morgan fingerprint density at radius 2 is 2.22 bits per heavy atom. The van der Waals surface area contributed by atoms with Crippen molar-refractivity contribution in [2.24, 2.45) is 0 Å². The summed E-state index contributed by atoms with van der Waals surface area (Å²) in [5, 5.41) is 0. The van der Waals surface area contributed by atoms with Crippen LogP contribution in [-0.2, 0) is 14.9 Å². The van der Waals surface area contributed by atoms with E-state index in [1.54, 1.807) is 0 Å². The van der Waals surface area contributed by atoms with Crippen LogP contribution >= 0.6 is 0 Å². The van der Waals surface area contributed by atoms with E-state index in [1.165, 1.54) is 0 Å². The van der Waals surface area contributed by atoms with Gasteiger partial charge in [-0.25, -0.2) is 0 Å². The molecule has 1 N–H and O–H groups in total. The Hall–Kier alpha value is 0.870. The molecule has 0 amide bonds. The van der Waals surface area contributed by atoms with Crippen LogP contribution in [0.15, 0.2) is 0 Å². The van der Waals surface area contributed by atoms with Gasteiger partial charge in [-0.05, 0) is 0 Å². The predicted molar refractivity (Wildman–Crippen MR) is 27.3 cm³/mol. The first-order chi connectivity index (χ1) is 3.58. The normalized spacial score (nSPS) is 24.8. The van der Waals surface area contributed by atoms with Gasteiger partial charge in [-0.3, -0.25) is 4.55 Å². The molecule has 0 aromatic heterocycles. The molecule has 9 heavy (non-hydrogen) atoms. The van der Waals surface area contributed by atoms with Crippen LogP contribution in [0.2, 0.25) is 0 Å². The van der Waals surface area contributed by atoms with Crippen molar-refractivity contribution in [1.82, 2.24) is 0 Å². The summed E-state index contributed by atoms with van der Waals surface area (Å²) >= 11 is 0. The topological polar surface area (TPSA) is 66.9 Å². The minimum absolute atomic E-state index is 0. The first-order valence-corrected chi connectivity index (χ1v) is 3.75. The van der Waals surface area contributed by atoms with E-state index in [0.717, 1.165) is 0 Å². The van der Waals surface area contributed by atoms with Crippen LogP contribution < -0.4 is 29.6 Å². The second-order valence-corrected chi connectivity index (χ2v) is 3.20. The number of hydrogen-bond acceptors (Lipinski definition) is 3. The van der Waals surface area contributed by atoms with Crippen LogP contribution in [0, 0.1) is 0 Å². The third-order valence-corrected chi connectivity index (χ3v) is 1.59. The maximum atomic E-state index is 9.96. The van der Waals surface area contributed by atoms with E-state index in [1.807, 2.05) is 0 Å². The Bertz CT molecular complexity index is 175. The molecule has 4 nitrogen and oxygen atoms in total. The fourth-order valence-corrected chi connectivity index (χ4v) is 1.06. The third kappa shape index (κ3) is 5.32. The molecule has 0 aromatic rings. The van der Waals surface area contributed by atoms with Crippen LogP contribution in [0.4, 0.5) is 0 Å². The Morgan fingerprint density at radius 1 is 1.78 bits per heavy atom. The molecule has 1 atom stereocenters. The molecule has 1 fully saturated rings. The van der Waals surface area contributed by atoms with Gasteiger partial charge < -0.3 is 6.16 Å². The van der Waals surface area contributed by atoms with Gasteiger partial charge in [0.2, 0.25) is 0 Å². The van der Waals surface area contributed by atoms with E-state index in [2.05, 4.69) is 4.74 Å².